The van der Waals surface area contributed by atoms with E-state index in [4.69, 9.17) is 0 Å². The molecular weight excluding hydrogens is 386 g/mol. The molecule has 8 nitrogen and oxygen atoms in total. The van der Waals surface area contributed by atoms with Gasteiger partial charge < -0.3 is 4.57 Å². The fourth-order valence-electron chi connectivity index (χ4n) is 2.39. The van der Waals surface area contributed by atoms with E-state index in [1.807, 2.05) is 24.7 Å². The number of thiazole rings is 1. The van der Waals surface area contributed by atoms with Crippen molar-refractivity contribution in [2.24, 2.45) is 7.05 Å². The number of hydrogen-bond donors (Lipinski definition) is 2. The highest BCUT2D eigenvalue weighted by molar-refractivity contribution is 7.92. The average Bonchev–Trinajstić information content (AvgIpc) is 3.19. The van der Waals surface area contributed by atoms with E-state index >= 15 is 0 Å². The van der Waals surface area contributed by atoms with E-state index in [2.05, 4.69) is 20.0 Å². The molecule has 1 amide bonds. The number of amides is 1. The van der Waals surface area contributed by atoms with Gasteiger partial charge in [-0.2, -0.15) is 0 Å². The van der Waals surface area contributed by atoms with Gasteiger partial charge in [-0.1, -0.05) is 17.4 Å². The first-order valence-electron chi connectivity index (χ1n) is 8.16. The predicted molar refractivity (Wildman–Crippen MR) is 107 cm³/mol. The number of sulfonamides is 1. The maximum atomic E-state index is 12.5. The molecule has 0 aliphatic heterocycles. The molecule has 3 rings (SSSR count). The van der Waals surface area contributed by atoms with Crippen molar-refractivity contribution in [2.75, 3.05) is 15.8 Å². The summed E-state index contributed by atoms with van der Waals surface area (Å²) in [4.78, 5) is 22.1. The van der Waals surface area contributed by atoms with E-state index in [1.165, 1.54) is 17.4 Å². The number of hydrogen-bond acceptors (Lipinski definition) is 6. The standard InChI is InChI=1S/C17H19N5O3S2/c1-4-27(24,25)21-13-7-5-6-12(10-13)16(23)20-17-19-11(2)14(26-17)15-18-8-9-22(15)3/h5-10,21H,4H2,1-3H3,(H,19,20,23). The average molecular weight is 406 g/mol. The van der Waals surface area contributed by atoms with Crippen LogP contribution in [0.3, 0.4) is 0 Å². The molecule has 0 atom stereocenters. The van der Waals surface area contributed by atoms with Gasteiger partial charge >= 0.3 is 0 Å². The summed E-state index contributed by atoms with van der Waals surface area (Å²) in [5, 5.41) is 3.21. The van der Waals surface area contributed by atoms with Crippen molar-refractivity contribution in [1.82, 2.24) is 14.5 Å². The second kappa shape index (κ2) is 7.49. The van der Waals surface area contributed by atoms with Crippen molar-refractivity contribution >= 4 is 38.1 Å². The minimum atomic E-state index is -3.41. The first kappa shape index (κ1) is 19.1. The zero-order valence-corrected chi connectivity index (χ0v) is 16.7. The van der Waals surface area contributed by atoms with Crippen molar-refractivity contribution in [1.29, 1.82) is 0 Å². The van der Waals surface area contributed by atoms with Crippen LogP contribution in [0.5, 0.6) is 0 Å². The Bertz CT molecular complexity index is 1090. The molecule has 10 heteroatoms. The molecular formula is C17H19N5O3S2. The third-order valence-corrected chi connectivity index (χ3v) is 6.20. The Kier molecular flexibility index (Phi) is 5.29. The van der Waals surface area contributed by atoms with Crippen LogP contribution in [0.15, 0.2) is 36.7 Å². The van der Waals surface area contributed by atoms with E-state index in [1.54, 1.807) is 31.3 Å². The van der Waals surface area contributed by atoms with E-state index in [-0.39, 0.29) is 11.7 Å². The van der Waals surface area contributed by atoms with Gasteiger partial charge in [-0.3, -0.25) is 14.8 Å². The molecule has 2 aromatic heterocycles. The highest BCUT2D eigenvalue weighted by Crippen LogP contribution is 2.31. The Morgan fingerprint density at radius 1 is 1.33 bits per heavy atom. The smallest absolute Gasteiger partial charge is 0.257 e. The summed E-state index contributed by atoms with van der Waals surface area (Å²) < 4.78 is 27.7. The minimum Gasteiger partial charge on any atom is -0.333 e. The highest BCUT2D eigenvalue weighted by Gasteiger charge is 2.16. The summed E-state index contributed by atoms with van der Waals surface area (Å²) in [6.07, 6.45) is 3.55. The van der Waals surface area contributed by atoms with Crippen LogP contribution in [0.4, 0.5) is 10.8 Å². The normalized spacial score (nSPS) is 11.4. The molecule has 3 aromatic rings. The summed E-state index contributed by atoms with van der Waals surface area (Å²) in [5.74, 6) is 0.367. The molecule has 0 bridgehead atoms. The summed E-state index contributed by atoms with van der Waals surface area (Å²) in [6.45, 7) is 3.40. The Balaban J connectivity index is 1.79. The molecule has 1 aromatic carbocycles. The van der Waals surface area contributed by atoms with Crippen molar-refractivity contribution in [3.8, 4) is 10.7 Å². The van der Waals surface area contributed by atoms with Crippen LogP contribution in [-0.2, 0) is 17.1 Å². The monoisotopic (exact) mass is 405 g/mol. The molecule has 0 radical (unpaired) electrons. The van der Waals surface area contributed by atoms with Gasteiger partial charge in [0.25, 0.3) is 5.91 Å². The van der Waals surface area contributed by atoms with Crippen LogP contribution in [0.25, 0.3) is 10.7 Å². The number of anilines is 2. The third kappa shape index (κ3) is 4.34. The summed E-state index contributed by atoms with van der Waals surface area (Å²) >= 11 is 1.33. The quantitative estimate of drug-likeness (QED) is 0.656. The van der Waals surface area contributed by atoms with Crippen LogP contribution in [0.1, 0.15) is 23.0 Å². The Hall–Kier alpha value is -2.72. The van der Waals surface area contributed by atoms with Gasteiger partial charge in [-0.25, -0.2) is 18.4 Å². The molecule has 0 saturated carbocycles. The predicted octanol–water partition coefficient (Wildman–Crippen LogP) is 2.87. The number of aromatic nitrogens is 3. The van der Waals surface area contributed by atoms with Crippen LogP contribution >= 0.6 is 11.3 Å². The molecule has 142 valence electrons. The molecule has 2 heterocycles. The Labute approximate surface area is 161 Å². The number of carbonyl (C=O) groups excluding carboxylic acids is 1. The molecule has 27 heavy (non-hydrogen) atoms. The molecule has 0 aliphatic carbocycles. The zero-order chi connectivity index (χ0) is 19.6. The molecule has 2 N–H and O–H groups in total. The number of carbonyl (C=O) groups is 1. The summed E-state index contributed by atoms with van der Waals surface area (Å²) in [7, 11) is -1.52. The van der Waals surface area contributed by atoms with Crippen LogP contribution in [0.2, 0.25) is 0 Å². The highest BCUT2D eigenvalue weighted by atomic mass is 32.2. The number of benzene rings is 1. The van der Waals surface area contributed by atoms with E-state index in [0.717, 1.165) is 16.4 Å². The van der Waals surface area contributed by atoms with E-state index < -0.39 is 10.0 Å². The fourth-order valence-corrected chi connectivity index (χ4v) is 4.02. The molecule has 0 unspecified atom stereocenters. The zero-order valence-electron chi connectivity index (χ0n) is 15.1. The topological polar surface area (TPSA) is 106 Å². The third-order valence-electron chi connectivity index (χ3n) is 3.82. The van der Waals surface area contributed by atoms with Crippen molar-refractivity contribution in [2.45, 2.75) is 13.8 Å². The van der Waals surface area contributed by atoms with E-state index in [9.17, 15) is 13.2 Å². The number of nitrogens with one attached hydrogen (secondary N) is 2. The number of aryl methyl sites for hydroxylation is 2. The molecule has 0 fully saturated rings. The van der Waals surface area contributed by atoms with Gasteiger partial charge in [0.05, 0.1) is 16.3 Å². The molecule has 0 spiro atoms. The lowest BCUT2D eigenvalue weighted by Crippen LogP contribution is -2.16. The lowest BCUT2D eigenvalue weighted by atomic mass is 10.2. The van der Waals surface area contributed by atoms with Crippen LogP contribution < -0.4 is 10.0 Å². The minimum absolute atomic E-state index is 0.0439. The second-order valence-electron chi connectivity index (χ2n) is 5.84. The maximum absolute atomic E-state index is 12.5. The van der Waals surface area contributed by atoms with E-state index in [0.29, 0.717) is 16.4 Å². The van der Waals surface area contributed by atoms with Crippen LogP contribution in [0, 0.1) is 6.92 Å². The Morgan fingerprint density at radius 2 is 2.11 bits per heavy atom. The SMILES string of the molecule is CCS(=O)(=O)Nc1cccc(C(=O)Nc2nc(C)c(-c3nccn3C)s2)c1. The van der Waals surface area contributed by atoms with Crippen molar-refractivity contribution in [3.05, 3.63) is 47.9 Å². The number of rotatable bonds is 6. The maximum Gasteiger partial charge on any atom is 0.257 e. The lowest BCUT2D eigenvalue weighted by molar-refractivity contribution is 0.102. The fraction of sp³-hybridized carbons (Fsp3) is 0.235. The summed E-state index contributed by atoms with van der Waals surface area (Å²) in [6, 6.07) is 6.31. The van der Waals surface area contributed by atoms with Gasteiger partial charge in [0.15, 0.2) is 11.0 Å². The Morgan fingerprint density at radius 3 is 2.78 bits per heavy atom. The first-order valence-corrected chi connectivity index (χ1v) is 10.6. The number of nitrogens with zero attached hydrogens (tertiary/aromatic N) is 3. The van der Waals surface area contributed by atoms with Gasteiger partial charge in [-0.15, -0.1) is 0 Å². The van der Waals surface area contributed by atoms with Crippen LogP contribution in [-0.4, -0.2) is 34.6 Å². The molecule has 0 saturated heterocycles. The largest absolute Gasteiger partial charge is 0.333 e. The van der Waals surface area contributed by atoms with Crippen molar-refractivity contribution in [3.63, 3.8) is 0 Å². The van der Waals surface area contributed by atoms with Gasteiger partial charge in [0.1, 0.15) is 0 Å². The van der Waals surface area contributed by atoms with Gasteiger partial charge in [0, 0.05) is 30.7 Å². The number of imidazole rings is 1. The summed E-state index contributed by atoms with van der Waals surface area (Å²) in [5.41, 5.74) is 1.44. The first-order chi connectivity index (χ1) is 12.8. The van der Waals surface area contributed by atoms with Gasteiger partial charge in [0.2, 0.25) is 10.0 Å². The second-order valence-corrected chi connectivity index (χ2v) is 8.85. The van der Waals surface area contributed by atoms with Crippen molar-refractivity contribution < 1.29 is 13.2 Å². The lowest BCUT2D eigenvalue weighted by Gasteiger charge is -2.07. The van der Waals surface area contributed by atoms with Gasteiger partial charge in [-0.05, 0) is 32.0 Å². The molecule has 0 aliphatic rings.